The quantitative estimate of drug-likeness (QED) is 0.677. The molecule has 2 heterocycles. The normalized spacial score (nSPS) is 13.5. The largest absolute Gasteiger partial charge is 0.464 e. The van der Waals surface area contributed by atoms with E-state index in [-0.39, 0.29) is 0 Å². The van der Waals surface area contributed by atoms with Gasteiger partial charge in [-0.1, -0.05) is 36.4 Å². The van der Waals surface area contributed by atoms with E-state index < -0.39 is 0 Å². The van der Waals surface area contributed by atoms with E-state index in [1.807, 2.05) is 12.1 Å². The molecular weight excluding hydrogens is 246 g/mol. The van der Waals surface area contributed by atoms with Gasteiger partial charge in [-0.25, -0.2) is 0 Å². The lowest BCUT2D eigenvalue weighted by Gasteiger charge is -2.18. The number of hydrogen-bond donors (Lipinski definition) is 0. The van der Waals surface area contributed by atoms with Crippen LogP contribution in [0.25, 0.3) is 11.3 Å². The van der Waals surface area contributed by atoms with E-state index in [1.54, 1.807) is 6.26 Å². The molecule has 0 aliphatic carbocycles. The van der Waals surface area contributed by atoms with Crippen molar-refractivity contribution in [2.75, 3.05) is 4.90 Å². The van der Waals surface area contributed by atoms with E-state index in [1.165, 1.54) is 16.8 Å². The molecule has 98 valence electrons. The van der Waals surface area contributed by atoms with Crippen molar-refractivity contribution in [1.29, 1.82) is 0 Å². The van der Waals surface area contributed by atoms with Gasteiger partial charge in [0, 0.05) is 24.3 Å². The maximum atomic E-state index is 5.48. The van der Waals surface area contributed by atoms with E-state index in [0.717, 1.165) is 24.4 Å². The number of anilines is 1. The standard InChI is InChI=1S/C18H15NO/c1-2-6-16-13-19(12-15(16)5-1)17-8-3-7-14(11-17)18-9-4-10-20-18/h1-11H,12-13H2. The van der Waals surface area contributed by atoms with Gasteiger partial charge in [-0.2, -0.15) is 0 Å². The van der Waals surface area contributed by atoms with Crippen LogP contribution >= 0.6 is 0 Å². The van der Waals surface area contributed by atoms with Crippen molar-refractivity contribution >= 4 is 5.69 Å². The molecule has 2 aromatic carbocycles. The zero-order chi connectivity index (χ0) is 13.4. The summed E-state index contributed by atoms with van der Waals surface area (Å²) in [6, 6.07) is 21.1. The third kappa shape index (κ3) is 1.90. The predicted octanol–water partition coefficient (Wildman–Crippen LogP) is 4.47. The molecule has 0 N–H and O–H groups in total. The van der Waals surface area contributed by atoms with Crippen molar-refractivity contribution in [2.24, 2.45) is 0 Å². The van der Waals surface area contributed by atoms with Gasteiger partial charge in [0.25, 0.3) is 0 Å². The molecule has 0 unspecified atom stereocenters. The van der Waals surface area contributed by atoms with Crippen molar-refractivity contribution in [1.82, 2.24) is 0 Å². The van der Waals surface area contributed by atoms with Crippen LogP contribution in [0.3, 0.4) is 0 Å². The van der Waals surface area contributed by atoms with Gasteiger partial charge in [-0.15, -0.1) is 0 Å². The molecule has 3 aromatic rings. The summed E-state index contributed by atoms with van der Waals surface area (Å²) in [5.41, 5.74) is 5.23. The van der Waals surface area contributed by atoms with Crippen LogP contribution in [0.4, 0.5) is 5.69 Å². The van der Waals surface area contributed by atoms with Gasteiger partial charge in [0.05, 0.1) is 6.26 Å². The van der Waals surface area contributed by atoms with E-state index in [0.29, 0.717) is 0 Å². The Morgan fingerprint density at radius 3 is 2.30 bits per heavy atom. The molecule has 1 aromatic heterocycles. The molecule has 0 saturated carbocycles. The average molecular weight is 261 g/mol. The van der Waals surface area contributed by atoms with Gasteiger partial charge >= 0.3 is 0 Å². The summed E-state index contributed by atoms with van der Waals surface area (Å²) in [6.45, 7) is 1.97. The zero-order valence-corrected chi connectivity index (χ0v) is 11.1. The van der Waals surface area contributed by atoms with Gasteiger partial charge in [0.2, 0.25) is 0 Å². The van der Waals surface area contributed by atoms with Crippen LogP contribution in [0.1, 0.15) is 11.1 Å². The van der Waals surface area contributed by atoms with Crippen LogP contribution < -0.4 is 4.90 Å². The molecule has 2 nitrogen and oxygen atoms in total. The lowest BCUT2D eigenvalue weighted by atomic mass is 10.1. The van der Waals surface area contributed by atoms with Crippen molar-refractivity contribution in [3.05, 3.63) is 78.1 Å². The second-order valence-corrected chi connectivity index (χ2v) is 5.15. The Bertz CT molecular complexity index is 706. The van der Waals surface area contributed by atoms with Crippen molar-refractivity contribution in [3.8, 4) is 11.3 Å². The van der Waals surface area contributed by atoms with E-state index >= 15 is 0 Å². The SMILES string of the molecule is c1cc(-c2ccco2)cc(N2Cc3ccccc3C2)c1. The number of rotatable bonds is 2. The molecule has 0 bridgehead atoms. The molecule has 0 fully saturated rings. The highest BCUT2D eigenvalue weighted by molar-refractivity contribution is 5.65. The fourth-order valence-corrected chi connectivity index (χ4v) is 2.81. The van der Waals surface area contributed by atoms with E-state index in [9.17, 15) is 0 Å². The van der Waals surface area contributed by atoms with Crippen LogP contribution in [0.2, 0.25) is 0 Å². The fourth-order valence-electron chi connectivity index (χ4n) is 2.81. The first-order valence-electron chi connectivity index (χ1n) is 6.86. The van der Waals surface area contributed by atoms with Gasteiger partial charge in [-0.3, -0.25) is 0 Å². The summed E-state index contributed by atoms with van der Waals surface area (Å²) in [4.78, 5) is 2.40. The molecule has 1 aliphatic heterocycles. The second kappa shape index (κ2) is 4.57. The Kier molecular flexibility index (Phi) is 2.59. The summed E-state index contributed by atoms with van der Waals surface area (Å²) in [6.07, 6.45) is 1.72. The lowest BCUT2D eigenvalue weighted by molar-refractivity contribution is 0.582. The molecule has 0 atom stereocenters. The third-order valence-electron chi connectivity index (χ3n) is 3.86. The first-order chi connectivity index (χ1) is 9.90. The molecule has 0 amide bonds. The number of benzene rings is 2. The Hall–Kier alpha value is -2.48. The Labute approximate surface area is 118 Å². The average Bonchev–Trinajstić information content (AvgIpc) is 3.16. The molecule has 1 aliphatic rings. The van der Waals surface area contributed by atoms with Crippen LogP contribution in [0.15, 0.2) is 71.3 Å². The summed E-state index contributed by atoms with van der Waals surface area (Å²) < 4.78 is 5.48. The maximum absolute atomic E-state index is 5.48. The minimum atomic E-state index is 0.920. The predicted molar refractivity (Wildman–Crippen MR) is 80.5 cm³/mol. The molecule has 0 saturated heterocycles. The van der Waals surface area contributed by atoms with Crippen molar-refractivity contribution in [3.63, 3.8) is 0 Å². The lowest BCUT2D eigenvalue weighted by Crippen LogP contribution is -2.14. The van der Waals surface area contributed by atoms with E-state index in [4.69, 9.17) is 4.42 Å². The van der Waals surface area contributed by atoms with Crippen LogP contribution in [-0.2, 0) is 13.1 Å². The van der Waals surface area contributed by atoms with Gasteiger partial charge in [0.15, 0.2) is 0 Å². The first-order valence-corrected chi connectivity index (χ1v) is 6.86. The third-order valence-corrected chi connectivity index (χ3v) is 3.86. The van der Waals surface area contributed by atoms with Gasteiger partial charge < -0.3 is 9.32 Å². The van der Waals surface area contributed by atoms with Gasteiger partial charge in [0.1, 0.15) is 5.76 Å². The number of nitrogens with zero attached hydrogens (tertiary/aromatic N) is 1. The molecule has 20 heavy (non-hydrogen) atoms. The second-order valence-electron chi connectivity index (χ2n) is 5.15. The topological polar surface area (TPSA) is 16.4 Å². The smallest absolute Gasteiger partial charge is 0.133 e. The minimum Gasteiger partial charge on any atom is -0.464 e. The minimum absolute atomic E-state index is 0.920. The van der Waals surface area contributed by atoms with E-state index in [2.05, 4.69) is 53.4 Å². The van der Waals surface area contributed by atoms with Crippen molar-refractivity contribution in [2.45, 2.75) is 13.1 Å². The van der Waals surface area contributed by atoms with Crippen LogP contribution in [-0.4, -0.2) is 0 Å². The Balaban J connectivity index is 1.66. The molecule has 4 rings (SSSR count). The first kappa shape index (κ1) is 11.4. The summed E-state index contributed by atoms with van der Waals surface area (Å²) in [5, 5.41) is 0. The Morgan fingerprint density at radius 2 is 1.60 bits per heavy atom. The molecule has 2 heteroatoms. The number of furan rings is 1. The molecular formula is C18H15NO. The van der Waals surface area contributed by atoms with Crippen LogP contribution in [0, 0.1) is 0 Å². The highest BCUT2D eigenvalue weighted by atomic mass is 16.3. The van der Waals surface area contributed by atoms with Gasteiger partial charge in [-0.05, 0) is 35.4 Å². The number of fused-ring (bicyclic) bond motifs is 1. The molecule has 0 spiro atoms. The van der Waals surface area contributed by atoms with Crippen molar-refractivity contribution < 1.29 is 4.42 Å². The summed E-state index contributed by atoms with van der Waals surface area (Å²) in [5.74, 6) is 0.920. The Morgan fingerprint density at radius 1 is 0.800 bits per heavy atom. The highest BCUT2D eigenvalue weighted by Gasteiger charge is 2.18. The summed E-state index contributed by atoms with van der Waals surface area (Å²) >= 11 is 0. The highest BCUT2D eigenvalue weighted by Crippen LogP contribution is 2.31. The fraction of sp³-hybridized carbons (Fsp3) is 0.111. The summed E-state index contributed by atoms with van der Waals surface area (Å²) in [7, 11) is 0. The zero-order valence-electron chi connectivity index (χ0n) is 11.1. The molecule has 0 radical (unpaired) electrons. The number of hydrogen-bond acceptors (Lipinski definition) is 2. The monoisotopic (exact) mass is 261 g/mol. The maximum Gasteiger partial charge on any atom is 0.133 e. The van der Waals surface area contributed by atoms with Crippen LogP contribution in [0.5, 0.6) is 0 Å².